The quantitative estimate of drug-likeness (QED) is 0.343. The van der Waals surface area contributed by atoms with Gasteiger partial charge in [0.25, 0.3) is 0 Å². The molecule has 46 heavy (non-hydrogen) atoms. The predicted molar refractivity (Wildman–Crippen MR) is 178 cm³/mol. The van der Waals surface area contributed by atoms with E-state index < -0.39 is 11.4 Å². The lowest BCUT2D eigenvalue weighted by Gasteiger charge is -2.62. The zero-order valence-corrected chi connectivity index (χ0v) is 27.7. The summed E-state index contributed by atoms with van der Waals surface area (Å²) in [6.45, 7) is 8.92. The Hall–Kier alpha value is -2.64. The fourth-order valence-corrected chi connectivity index (χ4v) is 16.1. The SMILES string of the molecule is C/C=C1/C[N@+]2(C)CC[C@@]34c5ccccc5N5[C@H]6[C@@H]([C@@H]([C@H]1C[C@@H]32)[C@]54O)N1c2ccccc2[C@]23CC[N@@+]4(C)C/C(=C/C)[C@H](C[C@@H]24)[C@H]6[C@]13O. The number of aliphatic hydroxyl groups is 2. The van der Waals surface area contributed by atoms with Crippen molar-refractivity contribution >= 4 is 11.4 Å². The maximum absolute atomic E-state index is 14.2. The molecule has 0 aromatic heterocycles. The van der Waals surface area contributed by atoms with E-state index >= 15 is 0 Å². The first-order valence-electron chi connectivity index (χ1n) is 18.4. The van der Waals surface area contributed by atoms with Crippen LogP contribution in [0.15, 0.2) is 71.8 Å². The summed E-state index contributed by atoms with van der Waals surface area (Å²) < 4.78 is 2.10. The average Bonchev–Trinajstić information content (AvgIpc) is 3.81. The number of hydrogen-bond acceptors (Lipinski definition) is 4. The van der Waals surface area contributed by atoms with Crippen molar-refractivity contribution in [3.8, 4) is 0 Å². The normalized spacial score (nSPS) is 56.7. The van der Waals surface area contributed by atoms with E-state index in [1.807, 2.05) is 0 Å². The molecular formula is C40H48N4O2+2. The number of allylic oxidation sites excluding steroid dienone is 2. The van der Waals surface area contributed by atoms with Crippen molar-refractivity contribution in [3.63, 3.8) is 0 Å². The third-order valence-corrected chi connectivity index (χ3v) is 17.2. The molecule has 2 aromatic rings. The fourth-order valence-electron chi connectivity index (χ4n) is 16.1. The van der Waals surface area contributed by atoms with Gasteiger partial charge >= 0.3 is 0 Å². The van der Waals surface area contributed by atoms with E-state index in [0.29, 0.717) is 23.9 Å². The minimum atomic E-state index is -0.974. The molecule has 2 aromatic carbocycles. The number of piperidine rings is 2. The molecule has 6 nitrogen and oxygen atoms in total. The zero-order valence-electron chi connectivity index (χ0n) is 27.7. The number of anilines is 2. The molecule has 8 aliphatic heterocycles. The molecule has 6 heteroatoms. The molecular weight excluding hydrogens is 568 g/mol. The number of hydrogen-bond donors (Lipinski definition) is 2. The standard InChI is InChI=1S/C40H48N4O2/c1-5-23-21-43(3)17-15-37-27-11-7-10-14-30(27)42-36-34-26-20-32-38(16-18-44(32,4)22-24(26)6-2)28-12-8-9-13-29(28)41(40(34,38)46)35(36)33(39(37,42)45)25(23)19-31(37)43/h5-14,25-26,31-36,45-46H,15-22H2,1-4H3/q+2/b23-5-,24-6-/t25-,26-,31-,32-,33+,34+,35+,36+,37+,38+,39+,40+,43-,44-/m0/s1. The number of quaternary nitrogens is 2. The van der Waals surface area contributed by atoms with Gasteiger partial charge in [-0.1, -0.05) is 48.6 Å². The van der Waals surface area contributed by atoms with Gasteiger partial charge in [-0.25, -0.2) is 0 Å². The maximum atomic E-state index is 14.2. The second kappa shape index (κ2) is 7.34. The van der Waals surface area contributed by atoms with Crippen molar-refractivity contribution in [1.82, 2.24) is 0 Å². The number of nitrogens with zero attached hydrogens (tertiary/aromatic N) is 4. The molecule has 0 radical (unpaired) electrons. The van der Waals surface area contributed by atoms with E-state index in [-0.39, 0.29) is 34.7 Å². The van der Waals surface area contributed by atoms with Crippen LogP contribution in [-0.2, 0) is 10.8 Å². The summed E-state index contributed by atoms with van der Waals surface area (Å²) in [6, 6.07) is 19.3. The molecule has 2 N–H and O–H groups in total. The molecule has 0 amide bonds. The van der Waals surface area contributed by atoms with Gasteiger partial charge in [0, 0.05) is 60.7 Å². The Morgan fingerprint density at radius 3 is 1.50 bits per heavy atom. The van der Waals surface area contributed by atoms with Gasteiger partial charge in [0.1, 0.15) is 36.0 Å². The number of rotatable bonds is 0. The fraction of sp³-hybridized carbons (Fsp3) is 0.600. The van der Waals surface area contributed by atoms with E-state index in [2.05, 4.69) is 98.4 Å². The van der Waals surface area contributed by atoms with Crippen LogP contribution in [0.25, 0.3) is 0 Å². The lowest BCUT2D eigenvalue weighted by molar-refractivity contribution is -0.925. The Morgan fingerprint density at radius 1 is 0.674 bits per heavy atom. The Morgan fingerprint density at radius 2 is 1.09 bits per heavy atom. The van der Waals surface area contributed by atoms with Crippen LogP contribution in [0, 0.1) is 23.7 Å². The monoisotopic (exact) mass is 616 g/mol. The van der Waals surface area contributed by atoms with Crippen molar-refractivity contribution in [2.75, 3.05) is 50.1 Å². The third-order valence-electron chi connectivity index (χ3n) is 17.2. The highest BCUT2D eigenvalue weighted by molar-refractivity contribution is 5.78. The summed E-state index contributed by atoms with van der Waals surface area (Å²) >= 11 is 0. The number of likely N-dealkylation sites (N-methyl/N-ethyl adjacent to an activating group) is 2. The topological polar surface area (TPSA) is 46.9 Å². The van der Waals surface area contributed by atoms with Crippen LogP contribution in [0.4, 0.5) is 11.4 Å². The van der Waals surface area contributed by atoms with Crippen LogP contribution >= 0.6 is 0 Å². The summed E-state index contributed by atoms with van der Waals surface area (Å²) in [5.74, 6) is 0.713. The number of benzene rings is 2. The molecule has 238 valence electrons. The summed E-state index contributed by atoms with van der Waals surface area (Å²) in [5, 5.41) is 28.4. The van der Waals surface area contributed by atoms with Gasteiger partial charge < -0.3 is 29.0 Å². The van der Waals surface area contributed by atoms with Crippen molar-refractivity contribution in [3.05, 3.63) is 83.0 Å². The van der Waals surface area contributed by atoms with Crippen LogP contribution in [0.2, 0.25) is 0 Å². The summed E-state index contributed by atoms with van der Waals surface area (Å²) in [4.78, 5) is 5.24. The zero-order chi connectivity index (χ0) is 31.0. The first-order valence-corrected chi connectivity index (χ1v) is 18.4. The Bertz CT molecular complexity index is 1740. The average molecular weight is 617 g/mol. The largest absolute Gasteiger partial charge is 0.369 e. The van der Waals surface area contributed by atoms with E-state index in [1.54, 1.807) is 11.1 Å². The lowest BCUT2D eigenvalue weighted by atomic mass is 9.52. The van der Waals surface area contributed by atoms with Crippen LogP contribution in [0.1, 0.15) is 50.7 Å². The van der Waals surface area contributed by atoms with Crippen molar-refractivity contribution in [1.29, 1.82) is 0 Å². The first kappa shape index (κ1) is 26.3. The highest BCUT2D eigenvalue weighted by Crippen LogP contribution is 2.80. The Kier molecular flexibility index (Phi) is 4.20. The van der Waals surface area contributed by atoms with E-state index in [4.69, 9.17) is 0 Å². The van der Waals surface area contributed by atoms with E-state index in [1.165, 1.54) is 22.5 Å². The van der Waals surface area contributed by atoms with Crippen LogP contribution in [0.5, 0.6) is 0 Å². The van der Waals surface area contributed by atoms with Gasteiger partial charge in [0.15, 0.2) is 11.4 Å². The third kappa shape index (κ3) is 2.14. The smallest absolute Gasteiger partial charge is 0.159 e. The number of para-hydroxylation sites is 2. The minimum absolute atomic E-state index is 0.0354. The van der Waals surface area contributed by atoms with Crippen molar-refractivity contribution < 1.29 is 19.2 Å². The van der Waals surface area contributed by atoms with Gasteiger partial charge in [-0.3, -0.25) is 0 Å². The van der Waals surface area contributed by atoms with Gasteiger partial charge in [-0.05, 0) is 48.3 Å². The maximum Gasteiger partial charge on any atom is 0.159 e. The molecule has 4 bridgehead atoms. The molecule has 10 aliphatic rings. The molecule has 12 rings (SSSR count). The molecule has 0 unspecified atom stereocenters. The van der Waals surface area contributed by atoms with Gasteiger partial charge in [-0.15, -0.1) is 0 Å². The van der Waals surface area contributed by atoms with E-state index in [9.17, 15) is 10.2 Å². The van der Waals surface area contributed by atoms with Gasteiger partial charge in [0.2, 0.25) is 0 Å². The molecule has 8 heterocycles. The van der Waals surface area contributed by atoms with Gasteiger partial charge in [0.05, 0.1) is 39.3 Å². The highest BCUT2D eigenvalue weighted by atomic mass is 16.3. The van der Waals surface area contributed by atoms with E-state index in [0.717, 1.165) is 60.8 Å². The molecule has 2 spiro atoms. The molecule has 14 atom stereocenters. The highest BCUT2D eigenvalue weighted by Gasteiger charge is 2.91. The second-order valence-electron chi connectivity index (χ2n) is 17.9. The van der Waals surface area contributed by atoms with Crippen LogP contribution < -0.4 is 9.80 Å². The minimum Gasteiger partial charge on any atom is -0.369 e. The van der Waals surface area contributed by atoms with Crippen LogP contribution in [-0.4, -0.2) is 95.1 Å². The Balaban J connectivity index is 1.20. The second-order valence-corrected chi connectivity index (χ2v) is 17.9. The summed E-state index contributed by atoms with van der Waals surface area (Å²) in [7, 11) is 4.97. The molecule has 2 saturated carbocycles. The molecule has 2 aliphatic carbocycles. The number of fused-ring (bicyclic) bond motifs is 13. The molecule has 8 fully saturated rings. The lowest BCUT2D eigenvalue weighted by Crippen LogP contribution is -2.77. The van der Waals surface area contributed by atoms with Crippen molar-refractivity contribution in [2.24, 2.45) is 23.7 Å². The molecule has 6 saturated heterocycles. The Labute approximate surface area is 272 Å². The summed E-state index contributed by atoms with van der Waals surface area (Å²) in [5.41, 5.74) is 5.92. The predicted octanol–water partition coefficient (Wildman–Crippen LogP) is 4.27. The van der Waals surface area contributed by atoms with Crippen LogP contribution in [0.3, 0.4) is 0 Å². The van der Waals surface area contributed by atoms with Crippen molar-refractivity contribution in [2.45, 2.75) is 86.0 Å². The first-order chi connectivity index (χ1) is 22.2. The van der Waals surface area contributed by atoms with Gasteiger partial charge in [-0.2, -0.15) is 0 Å². The summed E-state index contributed by atoms with van der Waals surface area (Å²) in [6.07, 6.45) is 9.18.